The molecule has 4 heteroatoms. The van der Waals surface area contributed by atoms with Crippen LogP contribution in [-0.4, -0.2) is 14.5 Å². The van der Waals surface area contributed by atoms with E-state index in [1.807, 2.05) is 0 Å². The highest BCUT2D eigenvalue weighted by Gasteiger charge is 2.39. The molecule has 1 unspecified atom stereocenters. The Bertz CT molecular complexity index is 2070. The largest absolute Gasteiger partial charge is 0.315 e. The average Bonchev–Trinajstić information content (AvgIpc) is 3.65. The minimum Gasteiger partial charge on any atom is -0.315 e. The predicted octanol–water partition coefficient (Wildman–Crippen LogP) is 9.79. The summed E-state index contributed by atoms with van der Waals surface area (Å²) in [5.41, 5.74) is 10.6. The normalized spacial score (nSPS) is 18.7. The van der Waals surface area contributed by atoms with Crippen LogP contribution in [0.15, 0.2) is 109 Å². The van der Waals surface area contributed by atoms with Crippen molar-refractivity contribution in [3.8, 4) is 11.3 Å². The maximum Gasteiger partial charge on any atom is 0.231 e. The summed E-state index contributed by atoms with van der Waals surface area (Å²) in [5, 5.41) is 3.86. The predicted molar refractivity (Wildman–Crippen MR) is 174 cm³/mol. The van der Waals surface area contributed by atoms with E-state index in [0.29, 0.717) is 0 Å². The van der Waals surface area contributed by atoms with E-state index < -0.39 is 0 Å². The van der Waals surface area contributed by atoms with Gasteiger partial charge in [-0.15, -0.1) is 0 Å². The highest BCUT2D eigenvalue weighted by atomic mass is 15.3. The highest BCUT2D eigenvalue weighted by molar-refractivity contribution is 6.17. The number of rotatable bonds is 4. The molecule has 3 heterocycles. The maximum atomic E-state index is 5.35. The topological polar surface area (TPSA) is 34.0 Å². The second-order valence-corrected chi connectivity index (χ2v) is 11.6. The summed E-state index contributed by atoms with van der Waals surface area (Å²) in [6.07, 6.45) is 25.7. The standard InChI is InChI=1S/C38H30N4/c1-4-11-25(12-5-1)31-24-32(26-13-6-2-7-14-26)40-38(39-31)42-33-18-10-15-27-19-20-28-23-29-21-22-41(30-16-8-3-9-17-30)36(29)37(42)35(28)34(27)33/h1,4-6,8,10-17,19-24,33H,2-3,7,9,18H2. The number of allylic oxidation sites excluding steroid dienone is 8. The maximum absolute atomic E-state index is 5.35. The van der Waals surface area contributed by atoms with Crippen LogP contribution in [0.4, 0.5) is 11.6 Å². The molecule has 1 aliphatic heterocycles. The molecule has 42 heavy (non-hydrogen) atoms. The first kappa shape index (κ1) is 23.7. The molecule has 4 aliphatic rings. The van der Waals surface area contributed by atoms with Gasteiger partial charge in [-0.25, -0.2) is 9.97 Å². The van der Waals surface area contributed by atoms with Crippen LogP contribution in [0.3, 0.4) is 0 Å². The van der Waals surface area contributed by atoms with Gasteiger partial charge in [0.15, 0.2) is 0 Å². The number of hydrogen-bond acceptors (Lipinski definition) is 3. The first-order valence-electron chi connectivity index (χ1n) is 15.1. The fourth-order valence-electron chi connectivity index (χ4n) is 7.19. The molecule has 0 saturated carbocycles. The zero-order chi connectivity index (χ0) is 27.6. The summed E-state index contributed by atoms with van der Waals surface area (Å²) in [6.45, 7) is 0. The summed E-state index contributed by atoms with van der Waals surface area (Å²) in [6, 6.07) is 22.0. The van der Waals surface area contributed by atoms with E-state index in [2.05, 4.69) is 125 Å². The van der Waals surface area contributed by atoms with E-state index in [1.165, 1.54) is 49.8 Å². The van der Waals surface area contributed by atoms with Crippen molar-refractivity contribution in [1.82, 2.24) is 14.5 Å². The molecular weight excluding hydrogens is 512 g/mol. The molecule has 202 valence electrons. The van der Waals surface area contributed by atoms with Gasteiger partial charge in [0.25, 0.3) is 0 Å². The summed E-state index contributed by atoms with van der Waals surface area (Å²) in [7, 11) is 0. The molecule has 2 aromatic heterocycles. The third-order valence-corrected chi connectivity index (χ3v) is 9.09. The Kier molecular flexibility index (Phi) is 5.24. The molecule has 5 aromatic rings. The van der Waals surface area contributed by atoms with Crippen molar-refractivity contribution in [2.75, 3.05) is 4.90 Å². The number of anilines is 2. The highest BCUT2D eigenvalue weighted by Crippen LogP contribution is 2.55. The van der Waals surface area contributed by atoms with Gasteiger partial charge >= 0.3 is 0 Å². The molecule has 0 spiro atoms. The number of benzene rings is 3. The molecule has 0 fully saturated rings. The number of aromatic nitrogens is 3. The summed E-state index contributed by atoms with van der Waals surface area (Å²) in [4.78, 5) is 13.1. The molecule has 0 bridgehead atoms. The Balaban J connectivity index is 1.35. The lowest BCUT2D eigenvalue weighted by Crippen LogP contribution is -2.23. The van der Waals surface area contributed by atoms with Crippen molar-refractivity contribution in [3.63, 3.8) is 0 Å². The Morgan fingerprint density at radius 1 is 0.714 bits per heavy atom. The average molecular weight is 543 g/mol. The van der Waals surface area contributed by atoms with Gasteiger partial charge in [-0.2, -0.15) is 0 Å². The Morgan fingerprint density at radius 2 is 1.57 bits per heavy atom. The molecule has 1 atom stereocenters. The Hall–Kier alpha value is -4.96. The van der Waals surface area contributed by atoms with E-state index in [-0.39, 0.29) is 6.04 Å². The SMILES string of the molecule is C1=CC(c2cc(-c3ccccc3)nc(N3c4c5c6c(ccc5cc5ccn(C7=CCCC=C7)c45)C=CCC63)n2)=CCC1. The minimum absolute atomic E-state index is 0.142. The fraction of sp³-hybridized carbons (Fsp3) is 0.158. The molecule has 9 rings (SSSR count). The van der Waals surface area contributed by atoms with Gasteiger partial charge in [0.1, 0.15) is 0 Å². The van der Waals surface area contributed by atoms with Gasteiger partial charge < -0.3 is 4.57 Å². The summed E-state index contributed by atoms with van der Waals surface area (Å²) >= 11 is 0. The minimum atomic E-state index is 0.142. The molecular formula is C38H30N4. The first-order valence-corrected chi connectivity index (χ1v) is 15.1. The quantitative estimate of drug-likeness (QED) is 0.227. The monoisotopic (exact) mass is 542 g/mol. The van der Waals surface area contributed by atoms with Crippen LogP contribution in [0.1, 0.15) is 55.0 Å². The zero-order valence-corrected chi connectivity index (χ0v) is 23.4. The van der Waals surface area contributed by atoms with Crippen LogP contribution >= 0.6 is 0 Å². The van der Waals surface area contributed by atoms with Crippen LogP contribution in [0.25, 0.3) is 50.3 Å². The van der Waals surface area contributed by atoms with Gasteiger partial charge in [-0.05, 0) is 78.5 Å². The molecule has 0 N–H and O–H groups in total. The van der Waals surface area contributed by atoms with Crippen molar-refractivity contribution in [2.45, 2.75) is 38.1 Å². The van der Waals surface area contributed by atoms with E-state index >= 15 is 0 Å². The van der Waals surface area contributed by atoms with E-state index in [0.717, 1.165) is 55.0 Å². The zero-order valence-electron chi connectivity index (χ0n) is 23.4. The molecule has 0 saturated heterocycles. The summed E-state index contributed by atoms with van der Waals surface area (Å²) < 4.78 is 2.38. The van der Waals surface area contributed by atoms with Crippen LogP contribution in [-0.2, 0) is 0 Å². The van der Waals surface area contributed by atoms with Crippen molar-refractivity contribution in [2.24, 2.45) is 0 Å². The second-order valence-electron chi connectivity index (χ2n) is 11.6. The van der Waals surface area contributed by atoms with Crippen molar-refractivity contribution in [3.05, 3.63) is 126 Å². The van der Waals surface area contributed by atoms with Crippen LogP contribution < -0.4 is 4.90 Å². The van der Waals surface area contributed by atoms with E-state index in [1.54, 1.807) is 0 Å². The Labute approximate surface area is 245 Å². The number of nitrogens with zero attached hydrogens (tertiary/aromatic N) is 4. The molecule has 3 aromatic carbocycles. The third-order valence-electron chi connectivity index (χ3n) is 9.09. The lowest BCUT2D eigenvalue weighted by atomic mass is 9.90. The van der Waals surface area contributed by atoms with E-state index in [9.17, 15) is 0 Å². The molecule has 4 nitrogen and oxygen atoms in total. The fourth-order valence-corrected chi connectivity index (χ4v) is 7.19. The molecule has 0 radical (unpaired) electrons. The number of hydrogen-bond donors (Lipinski definition) is 0. The lowest BCUT2D eigenvalue weighted by molar-refractivity contribution is 0.709. The molecule has 0 amide bonds. The second kappa shape index (κ2) is 9.28. The van der Waals surface area contributed by atoms with Gasteiger partial charge in [-0.1, -0.05) is 85.0 Å². The van der Waals surface area contributed by atoms with Crippen molar-refractivity contribution >= 4 is 50.7 Å². The van der Waals surface area contributed by atoms with Crippen molar-refractivity contribution in [1.29, 1.82) is 0 Å². The van der Waals surface area contributed by atoms with Gasteiger partial charge in [0.2, 0.25) is 5.95 Å². The Morgan fingerprint density at radius 3 is 2.40 bits per heavy atom. The van der Waals surface area contributed by atoms with Gasteiger partial charge in [-0.3, -0.25) is 4.90 Å². The van der Waals surface area contributed by atoms with Gasteiger partial charge in [0, 0.05) is 28.2 Å². The van der Waals surface area contributed by atoms with Crippen molar-refractivity contribution < 1.29 is 0 Å². The van der Waals surface area contributed by atoms with Crippen LogP contribution in [0.2, 0.25) is 0 Å². The third kappa shape index (κ3) is 3.54. The van der Waals surface area contributed by atoms with Gasteiger partial charge in [0.05, 0.1) is 28.6 Å². The summed E-state index contributed by atoms with van der Waals surface area (Å²) in [5.74, 6) is 0.767. The first-order chi connectivity index (χ1) is 20.8. The number of fused-ring (bicyclic) bond motifs is 2. The lowest BCUT2D eigenvalue weighted by Gasteiger charge is -2.29. The van der Waals surface area contributed by atoms with E-state index in [4.69, 9.17) is 9.97 Å². The molecule has 3 aliphatic carbocycles. The van der Waals surface area contributed by atoms with Crippen LogP contribution in [0.5, 0.6) is 0 Å². The van der Waals surface area contributed by atoms with Crippen LogP contribution in [0, 0.1) is 0 Å². The smallest absolute Gasteiger partial charge is 0.231 e.